The van der Waals surface area contributed by atoms with Crippen LogP contribution in [0, 0.1) is 0 Å². The highest BCUT2D eigenvalue weighted by molar-refractivity contribution is 6.90. The smallest absolute Gasteiger partial charge is 0.144 e. The minimum Gasteiger partial charge on any atom is -0.455 e. The fraction of sp³-hybridized carbons (Fsp3) is 0.261. The topological polar surface area (TPSA) is 26.0 Å². The molecule has 4 aromatic rings. The second kappa shape index (κ2) is 6.10. The average molecular weight is 360 g/mol. The van der Waals surface area contributed by atoms with E-state index in [0.717, 1.165) is 22.4 Å². The number of para-hydroxylation sites is 1. The molecule has 2 aromatic heterocycles. The fourth-order valence-corrected chi connectivity index (χ4v) is 5.19. The van der Waals surface area contributed by atoms with Crippen molar-refractivity contribution in [1.29, 1.82) is 0 Å². The van der Waals surface area contributed by atoms with E-state index in [1.54, 1.807) is 0 Å². The minimum absolute atomic E-state index is 0.476. The van der Waals surface area contributed by atoms with Crippen LogP contribution in [0.4, 0.5) is 0 Å². The van der Waals surface area contributed by atoms with Gasteiger partial charge in [0.15, 0.2) is 0 Å². The van der Waals surface area contributed by atoms with Crippen molar-refractivity contribution in [1.82, 2.24) is 4.98 Å². The van der Waals surface area contributed by atoms with Crippen molar-refractivity contribution >= 4 is 35.2 Å². The molecule has 0 bridgehead atoms. The number of hydrogen-bond acceptors (Lipinski definition) is 2. The van der Waals surface area contributed by atoms with Gasteiger partial charge in [-0.15, -0.1) is 0 Å². The van der Waals surface area contributed by atoms with E-state index in [2.05, 4.69) is 80.9 Å². The first kappa shape index (κ1) is 17.0. The molecule has 2 heterocycles. The molecule has 2 aromatic carbocycles. The molecule has 4 rings (SSSR count). The minimum atomic E-state index is -1.51. The fourth-order valence-electron chi connectivity index (χ4n) is 3.61. The highest BCUT2D eigenvalue weighted by Crippen LogP contribution is 2.35. The Hall–Kier alpha value is -2.39. The molecule has 0 aliphatic rings. The van der Waals surface area contributed by atoms with Gasteiger partial charge < -0.3 is 4.42 Å². The normalized spacial score (nSPS) is 12.4. The van der Waals surface area contributed by atoms with Crippen LogP contribution in [0.1, 0.15) is 25.3 Å². The van der Waals surface area contributed by atoms with Gasteiger partial charge in [-0.2, -0.15) is 0 Å². The molecule has 0 atom stereocenters. The Labute approximate surface area is 155 Å². The molecule has 0 amide bonds. The predicted molar refractivity (Wildman–Crippen MR) is 114 cm³/mol. The van der Waals surface area contributed by atoms with Crippen molar-refractivity contribution in [3.8, 4) is 11.3 Å². The molecular formula is C23H25NOSi. The molecule has 26 heavy (non-hydrogen) atoms. The Morgan fingerprint density at radius 1 is 0.962 bits per heavy atom. The number of furan rings is 1. The Bertz CT molecular complexity index is 1100. The second-order valence-electron chi connectivity index (χ2n) is 8.34. The van der Waals surface area contributed by atoms with Crippen LogP contribution in [0.25, 0.3) is 33.2 Å². The van der Waals surface area contributed by atoms with Crippen LogP contribution in [0.5, 0.6) is 0 Å². The predicted octanol–water partition coefficient (Wildman–Crippen LogP) is 6.32. The van der Waals surface area contributed by atoms with Crippen molar-refractivity contribution in [2.45, 2.75) is 39.4 Å². The van der Waals surface area contributed by atoms with Crippen LogP contribution in [-0.2, 0) is 0 Å². The summed E-state index contributed by atoms with van der Waals surface area (Å²) in [4.78, 5) is 4.66. The van der Waals surface area contributed by atoms with Gasteiger partial charge in [-0.1, -0.05) is 57.8 Å². The van der Waals surface area contributed by atoms with Crippen LogP contribution in [0.2, 0.25) is 19.6 Å². The summed E-state index contributed by atoms with van der Waals surface area (Å²) >= 11 is 0. The van der Waals surface area contributed by atoms with E-state index < -0.39 is 8.07 Å². The number of benzene rings is 2. The van der Waals surface area contributed by atoms with Gasteiger partial charge in [0, 0.05) is 22.5 Å². The SMILES string of the molecule is CC(C)c1ccnc(-c2ccc([Si](C)(C)C)c3c2oc2ccccc23)c1. The van der Waals surface area contributed by atoms with E-state index in [1.165, 1.54) is 21.5 Å². The average Bonchev–Trinajstić information content (AvgIpc) is 2.99. The number of nitrogens with zero attached hydrogens (tertiary/aromatic N) is 1. The summed E-state index contributed by atoms with van der Waals surface area (Å²) in [6.07, 6.45) is 1.91. The van der Waals surface area contributed by atoms with Crippen LogP contribution in [-0.4, -0.2) is 13.1 Å². The van der Waals surface area contributed by atoms with Gasteiger partial charge >= 0.3 is 0 Å². The molecule has 3 heteroatoms. The summed E-state index contributed by atoms with van der Waals surface area (Å²) in [5.74, 6) is 0.476. The third kappa shape index (κ3) is 2.76. The maximum absolute atomic E-state index is 6.36. The molecule has 0 radical (unpaired) electrons. The Morgan fingerprint density at radius 2 is 1.73 bits per heavy atom. The van der Waals surface area contributed by atoms with E-state index in [4.69, 9.17) is 4.42 Å². The maximum atomic E-state index is 6.36. The van der Waals surface area contributed by atoms with Gasteiger partial charge in [-0.25, -0.2) is 0 Å². The molecule has 2 nitrogen and oxygen atoms in total. The summed E-state index contributed by atoms with van der Waals surface area (Å²) in [7, 11) is -1.51. The molecule has 0 N–H and O–H groups in total. The second-order valence-corrected chi connectivity index (χ2v) is 13.4. The van der Waals surface area contributed by atoms with Gasteiger partial charge in [0.2, 0.25) is 0 Å². The molecule has 0 unspecified atom stereocenters. The van der Waals surface area contributed by atoms with Crippen molar-refractivity contribution in [3.05, 3.63) is 60.3 Å². The highest BCUT2D eigenvalue weighted by atomic mass is 28.3. The van der Waals surface area contributed by atoms with E-state index >= 15 is 0 Å². The maximum Gasteiger partial charge on any atom is 0.144 e. The zero-order valence-corrected chi connectivity index (χ0v) is 17.1. The third-order valence-corrected chi connectivity index (χ3v) is 7.09. The van der Waals surface area contributed by atoms with Crippen LogP contribution < -0.4 is 5.19 Å². The molecule has 0 spiro atoms. The quantitative estimate of drug-likeness (QED) is 0.400. The van der Waals surface area contributed by atoms with E-state index in [0.29, 0.717) is 5.92 Å². The first-order valence-electron chi connectivity index (χ1n) is 9.27. The van der Waals surface area contributed by atoms with Gasteiger partial charge in [0.1, 0.15) is 11.2 Å². The molecule has 0 aliphatic heterocycles. The lowest BCUT2D eigenvalue weighted by atomic mass is 10.0. The molecular weight excluding hydrogens is 334 g/mol. The lowest BCUT2D eigenvalue weighted by Crippen LogP contribution is -2.37. The summed E-state index contributed by atoms with van der Waals surface area (Å²) < 4.78 is 6.36. The van der Waals surface area contributed by atoms with Crippen molar-refractivity contribution in [3.63, 3.8) is 0 Å². The summed E-state index contributed by atoms with van der Waals surface area (Å²) in [6, 6.07) is 17.2. The summed E-state index contributed by atoms with van der Waals surface area (Å²) in [5, 5.41) is 3.93. The molecule has 0 fully saturated rings. The number of pyridine rings is 1. The first-order chi connectivity index (χ1) is 12.4. The zero-order chi connectivity index (χ0) is 18.5. The van der Waals surface area contributed by atoms with Crippen LogP contribution in [0.15, 0.2) is 59.1 Å². The van der Waals surface area contributed by atoms with Crippen molar-refractivity contribution < 1.29 is 4.42 Å². The van der Waals surface area contributed by atoms with E-state index in [1.807, 2.05) is 12.3 Å². The van der Waals surface area contributed by atoms with E-state index in [9.17, 15) is 0 Å². The molecule has 0 saturated heterocycles. The van der Waals surface area contributed by atoms with Gasteiger partial charge in [-0.05, 0) is 40.9 Å². The van der Waals surface area contributed by atoms with Crippen LogP contribution >= 0.6 is 0 Å². The standard InChI is InChI=1S/C23H25NOSi/c1-15(2)16-12-13-24-19(14-16)17-10-11-21(26(3,4)5)22-18-8-6-7-9-20(18)25-23(17)22/h6-15H,1-5H3. The lowest BCUT2D eigenvalue weighted by molar-refractivity contribution is 0.670. The van der Waals surface area contributed by atoms with Gasteiger partial charge in [-0.3, -0.25) is 4.98 Å². The number of hydrogen-bond donors (Lipinski definition) is 0. The Kier molecular flexibility index (Phi) is 4.00. The van der Waals surface area contributed by atoms with Gasteiger partial charge in [0.05, 0.1) is 13.8 Å². The van der Waals surface area contributed by atoms with Gasteiger partial charge in [0.25, 0.3) is 0 Å². The zero-order valence-electron chi connectivity index (χ0n) is 16.1. The summed E-state index contributed by atoms with van der Waals surface area (Å²) in [5.41, 5.74) is 5.30. The number of fused-ring (bicyclic) bond motifs is 3. The lowest BCUT2D eigenvalue weighted by Gasteiger charge is -2.19. The third-order valence-electron chi connectivity index (χ3n) is 5.06. The molecule has 0 aliphatic carbocycles. The molecule has 132 valence electrons. The van der Waals surface area contributed by atoms with Crippen LogP contribution in [0.3, 0.4) is 0 Å². The number of rotatable bonds is 3. The highest BCUT2D eigenvalue weighted by Gasteiger charge is 2.24. The Balaban J connectivity index is 2.08. The summed E-state index contributed by atoms with van der Waals surface area (Å²) in [6.45, 7) is 11.6. The monoisotopic (exact) mass is 359 g/mol. The van der Waals surface area contributed by atoms with Crippen molar-refractivity contribution in [2.24, 2.45) is 0 Å². The van der Waals surface area contributed by atoms with Crippen molar-refractivity contribution in [2.75, 3.05) is 0 Å². The van der Waals surface area contributed by atoms with E-state index in [-0.39, 0.29) is 0 Å². The molecule has 0 saturated carbocycles. The Morgan fingerprint density at radius 3 is 2.46 bits per heavy atom. The number of aromatic nitrogens is 1. The first-order valence-corrected chi connectivity index (χ1v) is 12.8. The largest absolute Gasteiger partial charge is 0.455 e.